The van der Waals surface area contributed by atoms with Crippen LogP contribution in [0.3, 0.4) is 0 Å². The van der Waals surface area contributed by atoms with Crippen molar-refractivity contribution in [2.45, 2.75) is 40.1 Å². The Kier molecular flexibility index (Phi) is 46.5. The first kappa shape index (κ1) is 81.1. The third-order valence-corrected chi connectivity index (χ3v) is 13.3. The Labute approximate surface area is 426 Å². The molecule has 452 valence electrons. The average Bonchev–Trinajstić information content (AvgIpc) is 3.24. The van der Waals surface area contributed by atoms with Gasteiger partial charge in [-0.1, -0.05) is 14.9 Å². The Morgan fingerprint density at radius 2 is 0.662 bits per heavy atom. The Morgan fingerprint density at radius 1 is 0.392 bits per heavy atom. The highest BCUT2D eigenvalue weighted by molar-refractivity contribution is 7.47. The van der Waals surface area contributed by atoms with Gasteiger partial charge in [-0.15, -0.1) is 0 Å². The molecule has 10 atom stereocenters. The van der Waals surface area contributed by atoms with Crippen LogP contribution in [-0.4, -0.2) is 179 Å². The van der Waals surface area contributed by atoms with E-state index in [4.69, 9.17) is 34.0 Å². The van der Waals surface area contributed by atoms with Gasteiger partial charge in [0.2, 0.25) is 0 Å². The van der Waals surface area contributed by atoms with Gasteiger partial charge in [-0.25, -0.2) is 4.57 Å². The standard InChI is InChI=1S/C18H46N2O27P6.C7H19NO9P2.2CH4/c1-19-15-35-12-17(11-21)47-53(33,34)44-10-9-42-51(29,30)40-6-5-38-49(25,26)37-3-4-39-50(27,28)41-7-8-43-52(31,32)45-14-18(13-36-16-20-2)46-48(22,23)24;1-3-15-19(12,13)16-5-7(4-14-6-8-2)17-18(9,10)11;;/h17-21H,3-16H2,1-2H3,(H,25,26)(H,27,28)(H,29,30)(H,31,32)(H,33,34)(H2,22,23,24);7-8H,3-6H2,1-2H3,(H,12,13)(H2,9,10,11);2*1H4/p-7. The highest BCUT2D eigenvalue weighted by Gasteiger charge is 2.25. The first-order valence-electron chi connectivity index (χ1n) is 19.5. The van der Waals surface area contributed by atoms with E-state index in [1.165, 1.54) is 14.0 Å². The van der Waals surface area contributed by atoms with Crippen LogP contribution in [0.25, 0.3) is 0 Å². The Balaban J connectivity index is -0.000000981. The van der Waals surface area contributed by atoms with Crippen molar-refractivity contribution in [2.75, 3.05) is 140 Å². The number of aliphatic hydroxyl groups is 1. The molecule has 0 rings (SSSR count). The number of phosphoric acid groups is 8. The largest absolute Gasteiger partial charge is 0.756 e. The minimum absolute atomic E-state index is 0. The molecule has 0 radical (unpaired) electrons. The number of hydrogen-bond acceptors (Lipinski definition) is 36. The minimum atomic E-state index is -5.31. The van der Waals surface area contributed by atoms with Crippen molar-refractivity contribution < 1.29 is 168 Å². The van der Waals surface area contributed by atoms with E-state index in [-0.39, 0.29) is 54.9 Å². The maximum atomic E-state index is 11.8. The molecule has 0 spiro atoms. The summed E-state index contributed by atoms with van der Waals surface area (Å²) < 4.78 is 167. The smallest absolute Gasteiger partial charge is 0.470 e. The van der Waals surface area contributed by atoms with Gasteiger partial charge in [-0.3, -0.25) is 52.4 Å². The first-order valence-corrected chi connectivity index (χ1v) is 31.3. The lowest BCUT2D eigenvalue weighted by molar-refractivity contribution is -0.240. The van der Waals surface area contributed by atoms with E-state index >= 15 is 0 Å². The van der Waals surface area contributed by atoms with Crippen LogP contribution < -0.4 is 50.2 Å². The second kappa shape index (κ2) is 42.4. The lowest BCUT2D eigenvalue weighted by Gasteiger charge is -2.28. The summed E-state index contributed by atoms with van der Waals surface area (Å²) >= 11 is 0. The second-order valence-electron chi connectivity index (χ2n) is 12.3. The van der Waals surface area contributed by atoms with Crippen LogP contribution in [0, 0.1) is 0 Å². The molecule has 0 heterocycles. The molecular formula is C27H66N3O36P8-7. The summed E-state index contributed by atoms with van der Waals surface area (Å²) in [6, 6.07) is 0. The number of hydrogen-bond donors (Lipinski definition) is 7. The van der Waals surface area contributed by atoms with Crippen LogP contribution in [0.4, 0.5) is 0 Å². The van der Waals surface area contributed by atoms with Crippen LogP contribution in [0.15, 0.2) is 0 Å². The molecule has 0 bridgehead atoms. The van der Waals surface area contributed by atoms with Crippen LogP contribution in [-0.2, 0) is 114 Å². The molecule has 74 heavy (non-hydrogen) atoms. The predicted octanol–water partition coefficient (Wildman–Crippen LogP) is -4.46. The fourth-order valence-electron chi connectivity index (χ4n) is 3.69. The Hall–Kier alpha value is 0.600. The molecule has 0 fully saturated rings. The maximum absolute atomic E-state index is 11.8. The SMILES string of the molecule is C.C.CCOP(=O)([O-])OCC(COCNC)OP(=O)(O)O.CNCOCC(COP(=O)([O-])OCCOP(=O)([O-])OCCOP(=O)([O-])OCCOP(=O)([O-])OCCOP(=O)([O-])OC(CO)COCNC)OP(=O)([O-])O. The van der Waals surface area contributed by atoms with Gasteiger partial charge in [0.25, 0.3) is 54.8 Å². The summed E-state index contributed by atoms with van der Waals surface area (Å²) in [7, 11) is -35.7. The molecule has 47 heteroatoms. The van der Waals surface area contributed by atoms with Crippen LogP contribution in [0.5, 0.6) is 0 Å². The zero-order chi connectivity index (χ0) is 55.6. The van der Waals surface area contributed by atoms with E-state index in [0.717, 1.165) is 0 Å². The van der Waals surface area contributed by atoms with E-state index in [1.807, 2.05) is 0 Å². The van der Waals surface area contributed by atoms with Crippen molar-refractivity contribution in [1.29, 1.82) is 0 Å². The number of ether oxygens (including phenoxy) is 3. The Morgan fingerprint density at radius 3 is 0.932 bits per heavy atom. The van der Waals surface area contributed by atoms with E-state index in [0.29, 0.717) is 0 Å². The van der Waals surface area contributed by atoms with Crippen molar-refractivity contribution >= 4 is 62.6 Å². The maximum Gasteiger partial charge on any atom is 0.470 e. The number of rotatable bonds is 47. The molecule has 7 N–H and O–H groups in total. The third-order valence-electron chi connectivity index (χ3n) is 6.15. The zero-order valence-electron chi connectivity index (χ0n) is 38.4. The van der Waals surface area contributed by atoms with E-state index in [2.05, 4.69) is 79.3 Å². The first-order chi connectivity index (χ1) is 33.2. The molecule has 0 saturated heterocycles. The van der Waals surface area contributed by atoms with Gasteiger partial charge in [0.05, 0.1) is 119 Å². The van der Waals surface area contributed by atoms with Gasteiger partial charge in [-0.05, 0) is 28.1 Å². The predicted molar refractivity (Wildman–Crippen MR) is 233 cm³/mol. The summed E-state index contributed by atoms with van der Waals surface area (Å²) in [5, 5.41) is 16.9. The lowest BCUT2D eigenvalue weighted by Crippen LogP contribution is -2.29. The zero-order valence-corrected chi connectivity index (χ0v) is 45.5. The quantitative estimate of drug-likeness (QED) is 0.0172. The summed E-state index contributed by atoms with van der Waals surface area (Å²) in [6.45, 7) is -9.67. The summed E-state index contributed by atoms with van der Waals surface area (Å²) in [5.74, 6) is 0. The molecule has 0 aliphatic carbocycles. The van der Waals surface area contributed by atoms with Crippen molar-refractivity contribution in [3.8, 4) is 0 Å². The molecule has 10 unspecified atom stereocenters. The van der Waals surface area contributed by atoms with Crippen LogP contribution in [0.2, 0.25) is 0 Å². The highest BCUT2D eigenvalue weighted by Crippen LogP contribution is 2.45. The van der Waals surface area contributed by atoms with Gasteiger partial charge in [-0.2, -0.15) is 0 Å². The summed E-state index contributed by atoms with van der Waals surface area (Å²) in [6.07, 6.45) is -4.18. The molecule has 0 aromatic carbocycles. The number of phosphoric ester groups is 8. The van der Waals surface area contributed by atoms with Gasteiger partial charge >= 0.3 is 7.82 Å². The summed E-state index contributed by atoms with van der Waals surface area (Å²) in [4.78, 5) is 107. The monoisotopic (exact) mass is 1260 g/mol. The van der Waals surface area contributed by atoms with Crippen molar-refractivity contribution in [1.82, 2.24) is 16.0 Å². The Bertz CT molecular complexity index is 1830. The lowest BCUT2D eigenvalue weighted by atomic mass is 10.4. The molecule has 0 aliphatic rings. The fourth-order valence-corrected chi connectivity index (χ4v) is 9.03. The van der Waals surface area contributed by atoms with E-state index < -0.39 is 160 Å². The molecular weight excluding hydrogens is 1190 g/mol. The van der Waals surface area contributed by atoms with Crippen molar-refractivity contribution in [2.24, 2.45) is 0 Å². The topological polar surface area (TPSA) is 572 Å². The van der Waals surface area contributed by atoms with Gasteiger partial charge in [0, 0.05) is 0 Å². The highest BCUT2D eigenvalue weighted by atomic mass is 31.2. The average molecular weight is 1260 g/mol. The van der Waals surface area contributed by atoms with E-state index in [1.54, 1.807) is 14.1 Å². The summed E-state index contributed by atoms with van der Waals surface area (Å²) in [5.41, 5.74) is 0. The van der Waals surface area contributed by atoms with Crippen molar-refractivity contribution in [3.05, 3.63) is 0 Å². The molecule has 0 aliphatic heterocycles. The van der Waals surface area contributed by atoms with Crippen molar-refractivity contribution in [3.63, 3.8) is 0 Å². The second-order valence-corrected chi connectivity index (χ2v) is 23.0. The van der Waals surface area contributed by atoms with Crippen LogP contribution in [0.1, 0.15) is 21.8 Å². The minimum Gasteiger partial charge on any atom is -0.756 e. The number of aliphatic hydroxyl groups excluding tert-OH is 1. The van der Waals surface area contributed by atoms with Gasteiger partial charge < -0.3 is 127 Å². The third kappa shape index (κ3) is 52.0. The molecule has 0 aromatic rings. The van der Waals surface area contributed by atoms with E-state index in [9.17, 15) is 70.8 Å². The van der Waals surface area contributed by atoms with Gasteiger partial charge in [0.1, 0.15) is 18.3 Å². The van der Waals surface area contributed by atoms with Gasteiger partial charge in [0.15, 0.2) is 0 Å². The fraction of sp³-hybridized carbons (Fsp3) is 1.00. The molecule has 0 aromatic heterocycles. The number of nitrogens with one attached hydrogen (secondary N) is 3. The molecule has 0 saturated carbocycles. The normalized spacial score (nSPS) is 18.9. The molecule has 39 nitrogen and oxygen atoms in total. The molecule has 0 amide bonds. The van der Waals surface area contributed by atoms with Crippen LogP contribution >= 0.6 is 62.6 Å².